The average Bonchev–Trinajstić information content (AvgIpc) is 2.58. The highest BCUT2D eigenvalue weighted by Gasteiger charge is 2.30. The van der Waals surface area contributed by atoms with Gasteiger partial charge in [0.2, 0.25) is 0 Å². The summed E-state index contributed by atoms with van der Waals surface area (Å²) in [5, 5.41) is 1.01. The summed E-state index contributed by atoms with van der Waals surface area (Å²) in [5.41, 5.74) is 5.92. The van der Waals surface area contributed by atoms with Crippen LogP contribution in [0.5, 0.6) is 0 Å². The lowest BCUT2D eigenvalue weighted by Crippen LogP contribution is -2.23. The smallest absolute Gasteiger partial charge is 0.283 e. The van der Waals surface area contributed by atoms with Crippen LogP contribution in [0.25, 0.3) is 0 Å². The number of nitrogens with zero attached hydrogens (tertiary/aromatic N) is 1. The fourth-order valence-corrected chi connectivity index (χ4v) is 2.70. The van der Waals surface area contributed by atoms with Crippen molar-refractivity contribution in [1.82, 2.24) is 0 Å². The Hall–Kier alpha value is -1.07. The lowest BCUT2D eigenvalue weighted by atomic mass is 10.0. The van der Waals surface area contributed by atoms with Crippen molar-refractivity contribution in [3.63, 3.8) is 0 Å². The first-order valence-electron chi connectivity index (χ1n) is 5.02. The van der Waals surface area contributed by atoms with Crippen LogP contribution in [0.15, 0.2) is 28.3 Å². The molecule has 0 saturated heterocycles. The van der Waals surface area contributed by atoms with Crippen LogP contribution in [0.4, 0.5) is 0 Å². The highest BCUT2D eigenvalue weighted by molar-refractivity contribution is 8.15. The Labute approximate surface area is 110 Å². The van der Waals surface area contributed by atoms with Gasteiger partial charge in [-0.3, -0.25) is 9.59 Å². The zero-order valence-electron chi connectivity index (χ0n) is 9.47. The predicted octanol–water partition coefficient (Wildman–Crippen LogP) is 1.46. The Morgan fingerprint density at radius 1 is 1.53 bits per heavy atom. The SMILES string of the molecule is CC(C)C1C=C2C=C(C(N)=O)C(=O)N=C2S1.Cl. The molecule has 0 fully saturated rings. The number of allylic oxidation sites excluding steroid dienone is 1. The van der Waals surface area contributed by atoms with E-state index in [2.05, 4.69) is 18.8 Å². The monoisotopic (exact) mass is 272 g/mol. The number of rotatable bonds is 2. The number of hydrogen-bond acceptors (Lipinski definition) is 3. The molecule has 0 bridgehead atoms. The van der Waals surface area contributed by atoms with Crippen LogP contribution in [0.1, 0.15) is 13.8 Å². The second-order valence-corrected chi connectivity index (χ2v) is 5.26. The fraction of sp³-hybridized carbons (Fsp3) is 0.364. The molecule has 4 nitrogen and oxygen atoms in total. The molecule has 2 N–H and O–H groups in total. The van der Waals surface area contributed by atoms with Crippen LogP contribution in [-0.2, 0) is 9.59 Å². The Morgan fingerprint density at radius 2 is 2.18 bits per heavy atom. The van der Waals surface area contributed by atoms with Crippen molar-refractivity contribution >= 4 is 41.0 Å². The maximum Gasteiger partial charge on any atom is 0.283 e. The third-order valence-electron chi connectivity index (χ3n) is 2.49. The van der Waals surface area contributed by atoms with Gasteiger partial charge in [-0.2, -0.15) is 0 Å². The average molecular weight is 273 g/mol. The summed E-state index contributed by atoms with van der Waals surface area (Å²) in [7, 11) is 0. The van der Waals surface area contributed by atoms with E-state index in [1.807, 2.05) is 6.08 Å². The highest BCUT2D eigenvalue weighted by atomic mass is 35.5. The Kier molecular flexibility index (Phi) is 4.16. The van der Waals surface area contributed by atoms with Crippen LogP contribution in [0.3, 0.4) is 0 Å². The second-order valence-electron chi connectivity index (χ2n) is 4.09. The number of amides is 2. The molecular weight excluding hydrogens is 260 g/mol. The molecule has 0 aromatic heterocycles. The predicted molar refractivity (Wildman–Crippen MR) is 71.3 cm³/mol. The maximum atomic E-state index is 11.5. The number of halogens is 1. The van der Waals surface area contributed by atoms with Crippen molar-refractivity contribution in [3.05, 3.63) is 23.3 Å². The third-order valence-corrected chi connectivity index (χ3v) is 4.00. The minimum Gasteiger partial charge on any atom is -0.365 e. The lowest BCUT2D eigenvalue weighted by molar-refractivity contribution is -0.120. The number of thioether (sulfide) groups is 1. The van der Waals surface area contributed by atoms with Crippen molar-refractivity contribution in [2.45, 2.75) is 19.1 Å². The highest BCUT2D eigenvalue weighted by Crippen LogP contribution is 2.36. The number of aliphatic imine (C=N–C) groups is 1. The van der Waals surface area contributed by atoms with E-state index in [4.69, 9.17) is 5.73 Å². The van der Waals surface area contributed by atoms with Crippen LogP contribution in [0, 0.1) is 5.92 Å². The molecule has 17 heavy (non-hydrogen) atoms. The van der Waals surface area contributed by atoms with Crippen molar-refractivity contribution in [2.24, 2.45) is 16.6 Å². The van der Waals surface area contributed by atoms with Gasteiger partial charge in [0.05, 0.1) is 0 Å². The van der Waals surface area contributed by atoms with Crippen molar-refractivity contribution in [2.75, 3.05) is 0 Å². The Morgan fingerprint density at radius 3 is 2.71 bits per heavy atom. The molecule has 2 rings (SSSR count). The number of fused-ring (bicyclic) bond motifs is 1. The van der Waals surface area contributed by atoms with Gasteiger partial charge in [0.15, 0.2) is 0 Å². The van der Waals surface area contributed by atoms with Crippen LogP contribution >= 0.6 is 24.2 Å². The fourth-order valence-electron chi connectivity index (χ4n) is 1.55. The molecule has 6 heteroatoms. The minimum atomic E-state index is -0.716. The van der Waals surface area contributed by atoms with Gasteiger partial charge in [-0.15, -0.1) is 12.4 Å². The van der Waals surface area contributed by atoms with E-state index in [1.165, 1.54) is 0 Å². The third kappa shape index (κ3) is 2.61. The summed E-state index contributed by atoms with van der Waals surface area (Å²) in [6.07, 6.45) is 3.58. The van der Waals surface area contributed by atoms with Crippen LogP contribution in [-0.4, -0.2) is 22.1 Å². The van der Waals surface area contributed by atoms with Crippen molar-refractivity contribution < 1.29 is 9.59 Å². The quantitative estimate of drug-likeness (QED) is 0.774. The van der Waals surface area contributed by atoms with E-state index in [1.54, 1.807) is 17.8 Å². The van der Waals surface area contributed by atoms with Gasteiger partial charge in [0, 0.05) is 10.8 Å². The van der Waals surface area contributed by atoms with Crippen LogP contribution < -0.4 is 5.73 Å². The summed E-state index contributed by atoms with van der Waals surface area (Å²) >= 11 is 1.56. The Balaban J connectivity index is 0.00000144. The van der Waals surface area contributed by atoms with Gasteiger partial charge in [-0.05, 0) is 12.0 Å². The van der Waals surface area contributed by atoms with E-state index in [0.29, 0.717) is 16.2 Å². The molecule has 0 spiro atoms. The lowest BCUT2D eigenvalue weighted by Gasteiger charge is -2.10. The molecule has 0 saturated carbocycles. The van der Waals surface area contributed by atoms with Gasteiger partial charge in [-0.25, -0.2) is 4.99 Å². The summed E-state index contributed by atoms with van der Waals surface area (Å²) in [4.78, 5) is 26.3. The van der Waals surface area contributed by atoms with Gasteiger partial charge in [-0.1, -0.05) is 31.7 Å². The van der Waals surface area contributed by atoms with Gasteiger partial charge in [0.25, 0.3) is 11.8 Å². The van der Waals surface area contributed by atoms with E-state index < -0.39 is 11.8 Å². The van der Waals surface area contributed by atoms with Gasteiger partial charge in [0.1, 0.15) is 10.6 Å². The molecule has 1 unspecified atom stereocenters. The molecule has 92 valence electrons. The zero-order valence-corrected chi connectivity index (χ0v) is 11.1. The standard InChI is InChI=1S/C11H12N2O2S.ClH/c1-5(2)8-4-6-3-7(9(12)14)10(15)13-11(6)16-8;/h3-5,8H,1-2H3,(H2,12,14);1H. The molecular formula is C11H13ClN2O2S. The first-order chi connectivity index (χ1) is 7.49. The van der Waals surface area contributed by atoms with Gasteiger partial charge >= 0.3 is 0 Å². The molecule has 2 aliphatic rings. The number of carbonyl (C=O) groups is 2. The number of nitrogens with two attached hydrogens (primary N) is 1. The number of dihydropyridines is 1. The van der Waals surface area contributed by atoms with Crippen molar-refractivity contribution in [1.29, 1.82) is 0 Å². The molecule has 1 atom stereocenters. The van der Waals surface area contributed by atoms with Crippen LogP contribution in [0.2, 0.25) is 0 Å². The second kappa shape index (κ2) is 5.06. The largest absolute Gasteiger partial charge is 0.365 e. The molecule has 0 aromatic rings. The van der Waals surface area contributed by atoms with Gasteiger partial charge < -0.3 is 5.73 Å². The van der Waals surface area contributed by atoms with E-state index >= 15 is 0 Å². The minimum absolute atomic E-state index is 0. The molecule has 2 heterocycles. The summed E-state index contributed by atoms with van der Waals surface area (Å²) in [6.45, 7) is 4.21. The van der Waals surface area contributed by atoms with E-state index in [0.717, 1.165) is 5.57 Å². The Bertz CT molecular complexity index is 466. The van der Waals surface area contributed by atoms with E-state index in [9.17, 15) is 9.59 Å². The zero-order chi connectivity index (χ0) is 11.9. The first kappa shape index (κ1) is 14.0. The molecule has 0 aliphatic carbocycles. The number of primary amides is 1. The summed E-state index contributed by atoms with van der Waals surface area (Å²) in [6, 6.07) is 0. The molecule has 2 amide bonds. The summed E-state index contributed by atoms with van der Waals surface area (Å²) < 4.78 is 0. The topological polar surface area (TPSA) is 72.5 Å². The van der Waals surface area contributed by atoms with E-state index in [-0.39, 0.29) is 18.0 Å². The maximum absolute atomic E-state index is 11.5. The first-order valence-corrected chi connectivity index (χ1v) is 5.90. The van der Waals surface area contributed by atoms with Crippen molar-refractivity contribution in [3.8, 4) is 0 Å². The molecule has 0 radical (unpaired) electrons. The number of hydrogen-bond donors (Lipinski definition) is 1. The molecule has 0 aromatic carbocycles. The molecule has 2 aliphatic heterocycles. The number of carbonyl (C=O) groups excluding carboxylic acids is 2. The normalized spacial score (nSPS) is 22.4. The summed E-state index contributed by atoms with van der Waals surface area (Å²) in [5.74, 6) is -0.783.